The molecule has 3 amide bonds. The highest BCUT2D eigenvalue weighted by molar-refractivity contribution is 6.04. The molecule has 0 radical (unpaired) electrons. The monoisotopic (exact) mass is 477 g/mol. The van der Waals surface area contributed by atoms with Gasteiger partial charge in [-0.05, 0) is 61.6 Å². The minimum Gasteiger partial charge on any atom is -0.466 e. The van der Waals surface area contributed by atoms with Crippen LogP contribution in [0.15, 0.2) is 59.8 Å². The fourth-order valence-electron chi connectivity index (χ4n) is 4.30. The Hall–Kier alpha value is -3.61. The van der Waals surface area contributed by atoms with Gasteiger partial charge in [0.2, 0.25) is 0 Å². The first-order valence-electron chi connectivity index (χ1n) is 12.3. The molecule has 2 N–H and O–H groups in total. The molecule has 2 aromatic rings. The highest BCUT2D eigenvalue weighted by Gasteiger charge is 2.36. The zero-order valence-corrected chi connectivity index (χ0v) is 21.0. The lowest BCUT2D eigenvalue weighted by atomic mass is 9.94. The average Bonchev–Trinajstić information content (AvgIpc) is 2.86. The summed E-state index contributed by atoms with van der Waals surface area (Å²) in [7, 11) is 1.33. The third kappa shape index (κ3) is 6.29. The zero-order chi connectivity index (χ0) is 25.4. The molecule has 0 spiro atoms. The Kier molecular flexibility index (Phi) is 9.06. The maximum Gasteiger partial charge on any atom is 0.337 e. The number of benzene rings is 2. The van der Waals surface area contributed by atoms with Gasteiger partial charge in [0.1, 0.15) is 0 Å². The molecule has 0 saturated heterocycles. The number of nitrogens with one attached hydrogen (secondary N) is 2. The quantitative estimate of drug-likeness (QED) is 0.345. The molecule has 0 aliphatic carbocycles. The van der Waals surface area contributed by atoms with E-state index in [1.165, 1.54) is 25.5 Å². The molecule has 2 aromatic carbocycles. The van der Waals surface area contributed by atoms with Crippen LogP contribution in [0.25, 0.3) is 0 Å². The summed E-state index contributed by atoms with van der Waals surface area (Å²) in [6.07, 6.45) is 5.28. The lowest BCUT2D eigenvalue weighted by Crippen LogP contribution is -2.48. The maximum absolute atomic E-state index is 12.8. The number of allylic oxidation sites excluding steroid dienone is 1. The van der Waals surface area contributed by atoms with Crippen molar-refractivity contribution in [1.82, 2.24) is 10.2 Å². The Morgan fingerprint density at radius 1 is 1.06 bits per heavy atom. The van der Waals surface area contributed by atoms with Gasteiger partial charge in [0.05, 0.1) is 18.7 Å². The van der Waals surface area contributed by atoms with Crippen LogP contribution in [0, 0.1) is 0 Å². The van der Waals surface area contributed by atoms with Crippen LogP contribution in [0.1, 0.15) is 74.0 Å². The zero-order valence-electron chi connectivity index (χ0n) is 21.0. The van der Waals surface area contributed by atoms with Gasteiger partial charge in [-0.15, -0.1) is 0 Å². The van der Waals surface area contributed by atoms with Gasteiger partial charge in [-0.25, -0.2) is 9.59 Å². The second-order valence-corrected chi connectivity index (χ2v) is 8.76. The van der Waals surface area contributed by atoms with Crippen LogP contribution in [0.5, 0.6) is 0 Å². The van der Waals surface area contributed by atoms with Gasteiger partial charge >= 0.3 is 12.0 Å². The van der Waals surface area contributed by atoms with Crippen LogP contribution >= 0.6 is 0 Å². The Bertz CT molecular complexity index is 1090. The van der Waals surface area contributed by atoms with E-state index < -0.39 is 12.0 Å². The van der Waals surface area contributed by atoms with E-state index in [0.29, 0.717) is 34.6 Å². The van der Waals surface area contributed by atoms with Crippen LogP contribution in [0.3, 0.4) is 0 Å². The molecule has 1 aliphatic rings. The molecule has 0 bridgehead atoms. The van der Waals surface area contributed by atoms with Crippen molar-refractivity contribution in [3.8, 4) is 0 Å². The van der Waals surface area contributed by atoms with E-state index in [9.17, 15) is 14.4 Å². The maximum atomic E-state index is 12.8. The number of anilines is 1. The molecular weight excluding hydrogens is 442 g/mol. The molecule has 0 saturated carbocycles. The van der Waals surface area contributed by atoms with E-state index in [1.807, 2.05) is 37.3 Å². The van der Waals surface area contributed by atoms with Gasteiger partial charge in [-0.2, -0.15) is 0 Å². The molecule has 1 aliphatic heterocycles. The number of carbonyl (C=O) groups is 3. The average molecular weight is 478 g/mol. The predicted molar refractivity (Wildman–Crippen MR) is 137 cm³/mol. The van der Waals surface area contributed by atoms with Crippen molar-refractivity contribution < 1.29 is 19.1 Å². The molecule has 1 heterocycles. The summed E-state index contributed by atoms with van der Waals surface area (Å²) in [4.78, 5) is 39.8. The Balaban J connectivity index is 1.80. The van der Waals surface area contributed by atoms with Crippen LogP contribution in [0.2, 0.25) is 0 Å². The summed E-state index contributed by atoms with van der Waals surface area (Å²) in [5.74, 6) is -0.717. The van der Waals surface area contributed by atoms with Crippen molar-refractivity contribution >= 4 is 23.6 Å². The van der Waals surface area contributed by atoms with Gasteiger partial charge in [0.25, 0.3) is 5.91 Å². The highest BCUT2D eigenvalue weighted by Crippen LogP contribution is 2.32. The lowest BCUT2D eigenvalue weighted by molar-refractivity contribution is -0.136. The van der Waals surface area contributed by atoms with Crippen molar-refractivity contribution in [2.75, 3.05) is 19.0 Å². The van der Waals surface area contributed by atoms with E-state index >= 15 is 0 Å². The van der Waals surface area contributed by atoms with Crippen LogP contribution in [0.4, 0.5) is 10.5 Å². The Morgan fingerprint density at radius 2 is 1.80 bits per heavy atom. The van der Waals surface area contributed by atoms with Gasteiger partial charge in [-0.1, -0.05) is 51.0 Å². The number of unbranched alkanes of at least 4 members (excludes halogenated alkanes) is 2. The molecule has 7 heteroatoms. The third-order valence-electron chi connectivity index (χ3n) is 6.21. The van der Waals surface area contributed by atoms with Crippen LogP contribution in [-0.4, -0.2) is 36.5 Å². The third-order valence-corrected chi connectivity index (χ3v) is 6.21. The minimum atomic E-state index is -0.678. The number of carbonyl (C=O) groups excluding carboxylic acids is 3. The molecule has 1 atom stereocenters. The van der Waals surface area contributed by atoms with E-state index in [2.05, 4.69) is 17.6 Å². The van der Waals surface area contributed by atoms with Gasteiger partial charge in [0.15, 0.2) is 0 Å². The molecule has 35 heavy (non-hydrogen) atoms. The number of urea groups is 1. The lowest BCUT2D eigenvalue weighted by Gasteiger charge is -2.35. The molecule has 0 aromatic heterocycles. The summed E-state index contributed by atoms with van der Waals surface area (Å²) in [6.45, 7) is 6.40. The molecular formula is C28H35N3O4. The summed E-state index contributed by atoms with van der Waals surface area (Å²) >= 11 is 0. The topological polar surface area (TPSA) is 87.7 Å². The fraction of sp³-hybridized carbons (Fsp3) is 0.393. The highest BCUT2D eigenvalue weighted by atomic mass is 16.5. The van der Waals surface area contributed by atoms with Gasteiger partial charge in [-0.3, -0.25) is 9.69 Å². The molecule has 3 rings (SSSR count). The normalized spacial score (nSPS) is 15.6. The first-order valence-corrected chi connectivity index (χ1v) is 12.3. The number of hydrogen-bond acceptors (Lipinski definition) is 4. The second-order valence-electron chi connectivity index (χ2n) is 8.76. The Morgan fingerprint density at radius 3 is 2.46 bits per heavy atom. The predicted octanol–water partition coefficient (Wildman–Crippen LogP) is 5.59. The summed E-state index contributed by atoms with van der Waals surface area (Å²) in [6, 6.07) is 13.9. The van der Waals surface area contributed by atoms with Crippen molar-refractivity contribution in [2.45, 2.75) is 58.9 Å². The number of esters is 1. The summed E-state index contributed by atoms with van der Waals surface area (Å²) in [5, 5.41) is 5.84. The summed E-state index contributed by atoms with van der Waals surface area (Å²) in [5.41, 5.74) is 4.00. The van der Waals surface area contributed by atoms with E-state index in [-0.39, 0.29) is 11.9 Å². The molecule has 7 nitrogen and oxygen atoms in total. The first-order chi connectivity index (χ1) is 16.9. The second kappa shape index (κ2) is 12.2. The largest absolute Gasteiger partial charge is 0.466 e. The fourth-order valence-corrected chi connectivity index (χ4v) is 4.30. The van der Waals surface area contributed by atoms with Crippen LogP contribution < -0.4 is 10.6 Å². The molecule has 186 valence electrons. The van der Waals surface area contributed by atoms with E-state index in [0.717, 1.165) is 19.3 Å². The summed E-state index contributed by atoms with van der Waals surface area (Å²) < 4.78 is 5.02. The SMILES string of the molecule is CCCCCc1ccc(C(=O)Nc2cccc(C3NC(=O)N(CCC)C(C)=C3C(=O)OC)c2)cc1. The van der Waals surface area contributed by atoms with Gasteiger partial charge < -0.3 is 15.4 Å². The first kappa shape index (κ1) is 26.0. The standard InChI is InChI=1S/C28H35N3O4/c1-5-7-8-10-20-13-15-21(16-14-20)26(32)29-23-12-9-11-22(18-23)25-24(27(33)35-4)19(3)31(17-6-2)28(34)30-25/h9,11-16,18,25H,5-8,10,17H2,1-4H3,(H,29,32)(H,30,34). The van der Waals surface area contributed by atoms with Gasteiger partial charge in [0, 0.05) is 23.5 Å². The van der Waals surface area contributed by atoms with E-state index in [1.54, 1.807) is 30.0 Å². The Labute approximate surface area is 207 Å². The van der Waals surface area contributed by atoms with Crippen molar-refractivity contribution in [1.29, 1.82) is 0 Å². The number of methoxy groups -OCH3 is 1. The van der Waals surface area contributed by atoms with Crippen molar-refractivity contribution in [3.05, 3.63) is 76.5 Å². The smallest absolute Gasteiger partial charge is 0.337 e. The van der Waals surface area contributed by atoms with Crippen molar-refractivity contribution in [3.63, 3.8) is 0 Å². The number of nitrogens with zero attached hydrogens (tertiary/aromatic N) is 1. The number of ether oxygens (including phenoxy) is 1. The number of hydrogen-bond donors (Lipinski definition) is 2. The van der Waals surface area contributed by atoms with Crippen LogP contribution in [-0.2, 0) is 16.0 Å². The minimum absolute atomic E-state index is 0.219. The number of aryl methyl sites for hydroxylation is 1. The number of rotatable bonds is 10. The number of amides is 3. The van der Waals surface area contributed by atoms with E-state index in [4.69, 9.17) is 4.74 Å². The molecule has 0 fully saturated rings. The molecule has 1 unspecified atom stereocenters. The van der Waals surface area contributed by atoms with Crippen molar-refractivity contribution in [2.24, 2.45) is 0 Å².